The number of allylic oxidation sites excluding steroid dienone is 3. The van der Waals surface area contributed by atoms with E-state index in [1.807, 2.05) is 19.1 Å². The van der Waals surface area contributed by atoms with Crippen LogP contribution in [0.15, 0.2) is 52.0 Å². The molecule has 37 heavy (non-hydrogen) atoms. The van der Waals surface area contributed by atoms with Crippen molar-refractivity contribution in [2.75, 3.05) is 0 Å². The van der Waals surface area contributed by atoms with Gasteiger partial charge >= 0.3 is 0 Å². The first-order valence-electron chi connectivity index (χ1n) is 13.9. The fourth-order valence-corrected chi connectivity index (χ4v) is 9.30. The summed E-state index contributed by atoms with van der Waals surface area (Å²) in [5, 5.41) is 22.4. The maximum atomic E-state index is 13.1. The monoisotopic (exact) mass is 522 g/mol. The van der Waals surface area contributed by atoms with Crippen molar-refractivity contribution in [1.82, 2.24) is 0 Å². The summed E-state index contributed by atoms with van der Waals surface area (Å²) >= 11 is 0. The molecule has 7 atom stereocenters. The van der Waals surface area contributed by atoms with Crippen molar-refractivity contribution in [3.8, 4) is 11.8 Å². The van der Waals surface area contributed by atoms with E-state index in [-0.39, 0.29) is 23.4 Å². The van der Waals surface area contributed by atoms with Crippen LogP contribution in [-0.4, -0.2) is 35.1 Å². The normalized spacial score (nSPS) is 37.6. The molecule has 2 saturated carbocycles. The Morgan fingerprint density at radius 3 is 2.38 bits per heavy atom. The Morgan fingerprint density at radius 2 is 1.76 bits per heavy atom. The molecule has 1 aromatic carbocycles. The van der Waals surface area contributed by atoms with Gasteiger partial charge < -0.3 is 10.2 Å². The van der Waals surface area contributed by atoms with Gasteiger partial charge in [-0.3, -0.25) is 0 Å². The van der Waals surface area contributed by atoms with Gasteiger partial charge in [-0.25, -0.2) is 8.42 Å². The van der Waals surface area contributed by atoms with E-state index in [0.29, 0.717) is 16.7 Å². The van der Waals surface area contributed by atoms with Gasteiger partial charge in [-0.15, -0.1) is 5.92 Å². The van der Waals surface area contributed by atoms with Gasteiger partial charge in [0.15, 0.2) is 9.84 Å². The van der Waals surface area contributed by atoms with Crippen molar-refractivity contribution in [2.45, 2.75) is 107 Å². The highest BCUT2D eigenvalue weighted by molar-refractivity contribution is 7.92. The molecule has 2 N–H and O–H groups in total. The van der Waals surface area contributed by atoms with Crippen LogP contribution in [-0.2, 0) is 9.84 Å². The Bertz CT molecular complexity index is 1320. The number of sulfone groups is 1. The molecule has 4 aliphatic rings. The zero-order valence-electron chi connectivity index (χ0n) is 23.1. The summed E-state index contributed by atoms with van der Waals surface area (Å²) in [6.45, 7) is 11.4. The first kappa shape index (κ1) is 26.7. The Labute approximate surface area is 223 Å². The second-order valence-corrected chi connectivity index (χ2v) is 15.8. The topological polar surface area (TPSA) is 74.6 Å². The minimum atomic E-state index is -3.44. The molecule has 0 radical (unpaired) electrons. The average molecular weight is 523 g/mol. The van der Waals surface area contributed by atoms with Gasteiger partial charge in [-0.1, -0.05) is 43.5 Å². The third-order valence-electron chi connectivity index (χ3n) is 10.2. The smallest absolute Gasteiger partial charge is 0.183 e. The van der Waals surface area contributed by atoms with Gasteiger partial charge in [0.05, 0.1) is 15.7 Å². The zero-order valence-corrected chi connectivity index (χ0v) is 24.0. The van der Waals surface area contributed by atoms with Crippen LogP contribution < -0.4 is 0 Å². The summed E-state index contributed by atoms with van der Waals surface area (Å²) in [7, 11) is -3.44. The number of fused-ring (bicyclic) bond motifs is 4. The SMILES string of the molecule is CC#C[C@]1(O)[C@H](C)C[C@H]2[C@@H]3CCC4=CC(O)CCC4=C3[C@@H](c3ccc(S(=O)(=O)C(C)(C)C)cc3)C[C@@]21C. The van der Waals surface area contributed by atoms with E-state index in [2.05, 4.69) is 31.8 Å². The summed E-state index contributed by atoms with van der Waals surface area (Å²) < 4.78 is 25.3. The number of hydrogen-bond acceptors (Lipinski definition) is 4. The molecule has 0 spiro atoms. The number of hydrogen-bond donors (Lipinski definition) is 2. The maximum Gasteiger partial charge on any atom is 0.183 e. The number of rotatable bonds is 2. The molecule has 0 bridgehead atoms. The van der Waals surface area contributed by atoms with Gasteiger partial charge in [-0.05, 0) is 113 Å². The molecule has 4 nitrogen and oxygen atoms in total. The van der Waals surface area contributed by atoms with Gasteiger partial charge in [0.1, 0.15) is 5.60 Å². The summed E-state index contributed by atoms with van der Waals surface area (Å²) in [5.74, 6) is 7.17. The van der Waals surface area contributed by atoms with E-state index in [9.17, 15) is 18.6 Å². The largest absolute Gasteiger partial charge is 0.389 e. The summed E-state index contributed by atoms with van der Waals surface area (Å²) in [6.07, 6.45) is 7.04. The number of benzene rings is 1. The molecule has 1 unspecified atom stereocenters. The van der Waals surface area contributed by atoms with E-state index >= 15 is 0 Å². The molecule has 5 heteroatoms. The molecule has 200 valence electrons. The lowest BCUT2D eigenvalue weighted by atomic mass is 9.51. The Morgan fingerprint density at radius 1 is 1.08 bits per heavy atom. The summed E-state index contributed by atoms with van der Waals surface area (Å²) in [5.41, 5.74) is 3.87. The van der Waals surface area contributed by atoms with Crippen LogP contribution in [0.25, 0.3) is 0 Å². The maximum absolute atomic E-state index is 13.1. The van der Waals surface area contributed by atoms with Crippen molar-refractivity contribution in [3.63, 3.8) is 0 Å². The number of aliphatic hydroxyl groups excluding tert-OH is 1. The molecule has 0 saturated heterocycles. The lowest BCUT2D eigenvalue weighted by molar-refractivity contribution is -0.0671. The van der Waals surface area contributed by atoms with E-state index in [4.69, 9.17) is 0 Å². The van der Waals surface area contributed by atoms with Crippen molar-refractivity contribution in [3.05, 3.63) is 52.6 Å². The van der Waals surface area contributed by atoms with Gasteiger partial charge in [-0.2, -0.15) is 0 Å². The second-order valence-electron chi connectivity index (χ2n) is 13.1. The minimum absolute atomic E-state index is 0.0852. The highest BCUT2D eigenvalue weighted by Crippen LogP contribution is 2.68. The standard InChI is InChI=1S/C32H42O4S/c1-7-16-32(34)20(2)17-28-26-14-10-22-18-23(33)11-15-25(22)29(26)27(19-31(28,32)6)21-8-12-24(13-9-21)37(35,36)30(3,4)5/h8-9,12-13,18,20,23,26-28,33-34H,10-11,14-15,17,19H2,1-6H3/t20-,23?,26+,27-,28+,31+,32+/m1/s1. The fourth-order valence-electron chi connectivity index (χ4n) is 8.10. The zero-order chi connectivity index (χ0) is 27.0. The molecule has 0 heterocycles. The van der Waals surface area contributed by atoms with Crippen molar-refractivity contribution >= 4 is 9.84 Å². The van der Waals surface area contributed by atoms with Crippen LogP contribution in [0.5, 0.6) is 0 Å². The molecular formula is C32H42O4S. The second kappa shape index (κ2) is 8.83. The van der Waals surface area contributed by atoms with Gasteiger partial charge in [0, 0.05) is 11.3 Å². The van der Waals surface area contributed by atoms with Gasteiger partial charge in [0.2, 0.25) is 0 Å². The van der Waals surface area contributed by atoms with Crippen LogP contribution in [0.2, 0.25) is 0 Å². The van der Waals surface area contributed by atoms with Crippen LogP contribution in [0, 0.1) is 35.0 Å². The van der Waals surface area contributed by atoms with E-state index in [0.717, 1.165) is 44.1 Å². The predicted octanol–water partition coefficient (Wildman–Crippen LogP) is 5.95. The Kier molecular flexibility index (Phi) is 6.38. The van der Waals surface area contributed by atoms with E-state index in [1.54, 1.807) is 32.9 Å². The highest BCUT2D eigenvalue weighted by Gasteiger charge is 2.65. The molecule has 0 aromatic heterocycles. The molecule has 0 amide bonds. The van der Waals surface area contributed by atoms with Crippen LogP contribution in [0.3, 0.4) is 0 Å². The highest BCUT2D eigenvalue weighted by atomic mass is 32.2. The predicted molar refractivity (Wildman–Crippen MR) is 148 cm³/mol. The molecule has 5 rings (SSSR count). The first-order chi connectivity index (χ1) is 17.2. The van der Waals surface area contributed by atoms with Crippen LogP contribution >= 0.6 is 0 Å². The van der Waals surface area contributed by atoms with Crippen molar-refractivity contribution < 1.29 is 18.6 Å². The van der Waals surface area contributed by atoms with Crippen molar-refractivity contribution in [1.29, 1.82) is 0 Å². The number of aliphatic hydroxyl groups is 2. The molecular weight excluding hydrogens is 480 g/mol. The average Bonchev–Trinajstić information content (AvgIpc) is 3.03. The molecule has 1 aromatic rings. The molecule has 2 fully saturated rings. The fraction of sp³-hybridized carbons (Fsp3) is 0.625. The van der Waals surface area contributed by atoms with Crippen molar-refractivity contribution in [2.24, 2.45) is 23.2 Å². The first-order valence-corrected chi connectivity index (χ1v) is 15.4. The third kappa shape index (κ3) is 3.89. The Hall–Kier alpha value is -1.87. The Balaban J connectivity index is 1.67. The van der Waals surface area contributed by atoms with Gasteiger partial charge in [0.25, 0.3) is 0 Å². The van der Waals surface area contributed by atoms with Crippen LogP contribution in [0.1, 0.15) is 91.5 Å². The molecule has 0 aliphatic heterocycles. The lowest BCUT2D eigenvalue weighted by Gasteiger charge is -2.54. The summed E-state index contributed by atoms with van der Waals surface area (Å²) in [4.78, 5) is 0.353. The minimum Gasteiger partial charge on any atom is -0.389 e. The lowest BCUT2D eigenvalue weighted by Crippen LogP contribution is -2.52. The quantitative estimate of drug-likeness (QED) is 0.471. The summed E-state index contributed by atoms with van der Waals surface area (Å²) in [6, 6.07) is 7.53. The van der Waals surface area contributed by atoms with Crippen LogP contribution in [0.4, 0.5) is 0 Å². The molecule has 4 aliphatic carbocycles. The van der Waals surface area contributed by atoms with E-state index < -0.39 is 20.2 Å². The van der Waals surface area contributed by atoms with E-state index in [1.165, 1.54) is 16.7 Å². The third-order valence-corrected chi connectivity index (χ3v) is 12.7.